The Morgan fingerprint density at radius 2 is 1.67 bits per heavy atom. The van der Waals surface area contributed by atoms with E-state index in [0.29, 0.717) is 10.2 Å². The van der Waals surface area contributed by atoms with E-state index in [1.165, 1.54) is 24.2 Å². The lowest BCUT2D eigenvalue weighted by molar-refractivity contribution is 0.0972. The molecule has 0 N–H and O–H groups in total. The van der Waals surface area contributed by atoms with Crippen LogP contribution in [0.1, 0.15) is 47.5 Å². The fraction of sp³-hybridized carbons (Fsp3) is 0.846. The molecule has 2 atom stereocenters. The van der Waals surface area contributed by atoms with Crippen molar-refractivity contribution in [3.05, 3.63) is 11.3 Å². The minimum atomic E-state index is 0.224. The molecule has 2 aliphatic rings. The lowest BCUT2D eigenvalue weighted by atomic mass is 9.66. The van der Waals surface area contributed by atoms with E-state index in [2.05, 4.69) is 50.5 Å². The van der Waals surface area contributed by atoms with Gasteiger partial charge in [0.15, 0.2) is 0 Å². The maximum absolute atomic E-state index is 6.06. The van der Waals surface area contributed by atoms with Gasteiger partial charge in [-0.25, -0.2) is 0 Å². The largest absolute Gasteiger partial charge is 0.493 e. The highest BCUT2D eigenvalue weighted by Gasteiger charge is 2.48. The van der Waals surface area contributed by atoms with Gasteiger partial charge in [-0.1, -0.05) is 43.6 Å². The van der Waals surface area contributed by atoms with Crippen molar-refractivity contribution in [2.75, 3.05) is 0 Å². The first kappa shape index (κ1) is 11.5. The molecular weight excluding hydrogens is 252 g/mol. The van der Waals surface area contributed by atoms with E-state index in [1.807, 2.05) is 0 Å². The number of rotatable bonds is 0. The summed E-state index contributed by atoms with van der Waals surface area (Å²) in [6, 6.07) is 0. The van der Waals surface area contributed by atoms with Crippen LogP contribution < -0.4 is 0 Å². The van der Waals surface area contributed by atoms with E-state index in [0.717, 1.165) is 0 Å². The first-order valence-corrected chi connectivity index (χ1v) is 6.73. The van der Waals surface area contributed by atoms with Gasteiger partial charge in [0.25, 0.3) is 0 Å². The molecule has 2 heteroatoms. The first-order valence-electron chi connectivity index (χ1n) is 5.81. The first-order chi connectivity index (χ1) is 6.76. The van der Waals surface area contributed by atoms with E-state index < -0.39 is 0 Å². The zero-order chi connectivity index (χ0) is 11.4. The summed E-state index contributed by atoms with van der Waals surface area (Å²) in [7, 11) is 0. The fourth-order valence-corrected chi connectivity index (χ4v) is 3.68. The lowest BCUT2D eigenvalue weighted by Crippen LogP contribution is -2.31. The SMILES string of the molecule is CC1OC2=C(C1Br)C(C)(C)CCC2(C)C. The van der Waals surface area contributed by atoms with E-state index in [9.17, 15) is 0 Å². The zero-order valence-corrected chi connectivity index (χ0v) is 11.9. The lowest BCUT2D eigenvalue weighted by Gasteiger charge is -2.40. The van der Waals surface area contributed by atoms with Crippen LogP contribution in [0.5, 0.6) is 0 Å². The zero-order valence-electron chi connectivity index (χ0n) is 10.4. The summed E-state index contributed by atoms with van der Waals surface area (Å²) in [5, 5.41) is 0. The van der Waals surface area contributed by atoms with Crippen molar-refractivity contribution in [1.82, 2.24) is 0 Å². The molecule has 1 nitrogen and oxygen atoms in total. The van der Waals surface area contributed by atoms with Gasteiger partial charge in [-0.05, 0) is 30.8 Å². The van der Waals surface area contributed by atoms with Crippen LogP contribution in [0.3, 0.4) is 0 Å². The minimum absolute atomic E-state index is 0.224. The monoisotopic (exact) mass is 272 g/mol. The molecule has 0 radical (unpaired) electrons. The van der Waals surface area contributed by atoms with Crippen LogP contribution in [0.15, 0.2) is 11.3 Å². The van der Waals surface area contributed by atoms with Crippen LogP contribution in [0, 0.1) is 10.8 Å². The third-order valence-corrected chi connectivity index (χ3v) is 5.16. The van der Waals surface area contributed by atoms with Crippen molar-refractivity contribution in [3.63, 3.8) is 0 Å². The molecule has 2 rings (SSSR count). The van der Waals surface area contributed by atoms with Crippen LogP contribution in [0.4, 0.5) is 0 Å². The maximum Gasteiger partial charge on any atom is 0.112 e. The summed E-state index contributed by atoms with van der Waals surface area (Å²) >= 11 is 3.79. The van der Waals surface area contributed by atoms with Crippen molar-refractivity contribution < 1.29 is 4.74 Å². The van der Waals surface area contributed by atoms with Crippen LogP contribution in [-0.4, -0.2) is 10.9 Å². The number of allylic oxidation sites excluding steroid dienone is 1. The summed E-state index contributed by atoms with van der Waals surface area (Å²) in [5.74, 6) is 1.26. The molecule has 0 aromatic heterocycles. The predicted molar refractivity (Wildman–Crippen MR) is 67.1 cm³/mol. The standard InChI is InChI=1S/C13H21BrO/c1-8-10(14)9-11(15-8)13(4,5)7-6-12(9,2)3/h8,10H,6-7H2,1-5H3. The van der Waals surface area contributed by atoms with E-state index in [-0.39, 0.29) is 11.5 Å². The van der Waals surface area contributed by atoms with Crippen molar-refractivity contribution in [2.45, 2.75) is 58.4 Å². The highest BCUT2D eigenvalue weighted by Crippen LogP contribution is 2.55. The van der Waals surface area contributed by atoms with Crippen molar-refractivity contribution in [1.29, 1.82) is 0 Å². The number of halogens is 1. The smallest absolute Gasteiger partial charge is 0.112 e. The number of alkyl halides is 1. The summed E-state index contributed by atoms with van der Waals surface area (Å²) in [6.07, 6.45) is 2.77. The quantitative estimate of drug-likeness (QED) is 0.599. The molecule has 0 aromatic carbocycles. The van der Waals surface area contributed by atoms with Gasteiger partial charge in [-0.2, -0.15) is 0 Å². The molecule has 1 heterocycles. The Morgan fingerprint density at radius 1 is 1.13 bits per heavy atom. The number of ether oxygens (including phenoxy) is 1. The second kappa shape index (κ2) is 3.26. The molecule has 0 amide bonds. The Morgan fingerprint density at radius 3 is 2.20 bits per heavy atom. The average molecular weight is 273 g/mol. The van der Waals surface area contributed by atoms with Gasteiger partial charge in [-0.3, -0.25) is 0 Å². The normalized spacial score (nSPS) is 37.5. The van der Waals surface area contributed by atoms with Gasteiger partial charge in [-0.15, -0.1) is 0 Å². The number of hydrogen-bond donors (Lipinski definition) is 0. The highest BCUT2D eigenvalue weighted by atomic mass is 79.9. The number of hydrogen-bond acceptors (Lipinski definition) is 1. The van der Waals surface area contributed by atoms with Crippen LogP contribution >= 0.6 is 15.9 Å². The second-order valence-electron chi connectivity index (χ2n) is 6.24. The molecule has 0 fully saturated rings. The van der Waals surface area contributed by atoms with E-state index >= 15 is 0 Å². The molecule has 0 aromatic rings. The molecule has 86 valence electrons. The Bertz CT molecular complexity index is 314. The molecule has 0 saturated heterocycles. The molecule has 2 unspecified atom stereocenters. The van der Waals surface area contributed by atoms with Gasteiger partial charge in [0, 0.05) is 5.41 Å². The van der Waals surface area contributed by atoms with Gasteiger partial charge >= 0.3 is 0 Å². The van der Waals surface area contributed by atoms with Gasteiger partial charge in [0.2, 0.25) is 0 Å². The Labute approximate surface area is 101 Å². The average Bonchev–Trinajstić information content (AvgIpc) is 2.40. The van der Waals surface area contributed by atoms with Crippen molar-refractivity contribution >= 4 is 15.9 Å². The maximum atomic E-state index is 6.06. The van der Waals surface area contributed by atoms with E-state index in [4.69, 9.17) is 4.74 Å². The summed E-state index contributed by atoms with van der Waals surface area (Å²) in [5.41, 5.74) is 2.03. The van der Waals surface area contributed by atoms with Crippen molar-refractivity contribution in [2.24, 2.45) is 10.8 Å². The summed E-state index contributed by atoms with van der Waals surface area (Å²) in [6.45, 7) is 11.4. The Hall–Kier alpha value is 0.0200. The molecule has 0 bridgehead atoms. The Kier molecular flexibility index (Phi) is 2.50. The van der Waals surface area contributed by atoms with Gasteiger partial charge in [0.05, 0.1) is 4.83 Å². The van der Waals surface area contributed by atoms with Crippen LogP contribution in [0.25, 0.3) is 0 Å². The summed E-state index contributed by atoms with van der Waals surface area (Å²) in [4.78, 5) is 0.405. The second-order valence-corrected chi connectivity index (χ2v) is 7.22. The van der Waals surface area contributed by atoms with Crippen molar-refractivity contribution in [3.8, 4) is 0 Å². The van der Waals surface area contributed by atoms with Crippen LogP contribution in [0.2, 0.25) is 0 Å². The Balaban J connectivity index is 2.50. The molecule has 0 saturated carbocycles. The van der Waals surface area contributed by atoms with E-state index in [1.54, 1.807) is 0 Å². The molecule has 1 aliphatic carbocycles. The van der Waals surface area contributed by atoms with Gasteiger partial charge < -0.3 is 4.74 Å². The third kappa shape index (κ3) is 1.65. The van der Waals surface area contributed by atoms with Gasteiger partial charge in [0.1, 0.15) is 11.9 Å². The molecule has 1 aliphatic heterocycles. The topological polar surface area (TPSA) is 9.23 Å². The molecule has 0 spiro atoms. The predicted octanol–water partition coefficient (Wildman–Crippen LogP) is 4.27. The highest BCUT2D eigenvalue weighted by molar-refractivity contribution is 9.09. The van der Waals surface area contributed by atoms with Crippen LogP contribution in [-0.2, 0) is 4.74 Å². The molecular formula is C13H21BrO. The minimum Gasteiger partial charge on any atom is -0.493 e. The molecule has 15 heavy (non-hydrogen) atoms. The summed E-state index contributed by atoms with van der Waals surface area (Å²) < 4.78 is 6.06. The fourth-order valence-electron chi connectivity index (χ4n) is 2.75. The third-order valence-electron chi connectivity index (χ3n) is 3.96.